The second kappa shape index (κ2) is 10.8. The smallest absolute Gasteiger partial charge is 0.403 e. The van der Waals surface area contributed by atoms with E-state index in [1.807, 2.05) is 13.8 Å². The highest BCUT2D eigenvalue weighted by Gasteiger charge is 1.96. The van der Waals surface area contributed by atoms with Crippen LogP contribution in [0.15, 0.2) is 0 Å². The van der Waals surface area contributed by atoms with Gasteiger partial charge in [-0.2, -0.15) is 0 Å². The van der Waals surface area contributed by atoms with Gasteiger partial charge in [-0.1, -0.05) is 40.5 Å². The van der Waals surface area contributed by atoms with Crippen molar-refractivity contribution in [3.63, 3.8) is 0 Å². The van der Waals surface area contributed by atoms with Crippen molar-refractivity contribution in [2.45, 2.75) is 40.5 Å². The Morgan fingerprint density at radius 2 is 1.75 bits per heavy atom. The lowest BCUT2D eigenvalue weighted by Gasteiger charge is -2.00. The van der Waals surface area contributed by atoms with Crippen LogP contribution in [0, 0.1) is 5.92 Å². The molecular weight excluding hydrogens is 176 g/mol. The Labute approximate surface area is 80.2 Å². The van der Waals surface area contributed by atoms with Crippen LogP contribution in [0.3, 0.4) is 0 Å². The zero-order chi connectivity index (χ0) is 9.98. The molecule has 0 unspecified atom stereocenters. The molecule has 0 bridgehead atoms. The van der Waals surface area contributed by atoms with Gasteiger partial charge >= 0.3 is 5.43 Å². The highest BCUT2D eigenvalue weighted by molar-refractivity contribution is 6.61. The van der Waals surface area contributed by atoms with Crippen LogP contribution in [0.5, 0.6) is 0 Å². The third kappa shape index (κ3) is 22.6. The molecule has 0 amide bonds. The largest absolute Gasteiger partial charge is 0.453 e. The van der Waals surface area contributed by atoms with Crippen LogP contribution in [0.2, 0.25) is 0 Å². The topological polar surface area (TPSA) is 26.3 Å². The minimum Gasteiger partial charge on any atom is -0.453 e. The van der Waals surface area contributed by atoms with Gasteiger partial charge in [0.2, 0.25) is 0 Å². The first-order valence-electron chi connectivity index (χ1n) is 4.36. The zero-order valence-corrected chi connectivity index (χ0v) is 9.15. The molecule has 0 aliphatic heterocycles. The van der Waals surface area contributed by atoms with Crippen LogP contribution >= 0.6 is 11.6 Å². The highest BCUT2D eigenvalue weighted by atomic mass is 35.5. The van der Waals surface area contributed by atoms with Gasteiger partial charge in [0.15, 0.2) is 0 Å². The molecule has 0 heterocycles. The molecule has 0 aromatic carbocycles. The van der Waals surface area contributed by atoms with Gasteiger partial charge in [0.1, 0.15) is 0 Å². The molecule has 0 atom stereocenters. The third-order valence-corrected chi connectivity index (χ3v) is 1.14. The van der Waals surface area contributed by atoms with E-state index < -0.39 is 5.43 Å². The van der Waals surface area contributed by atoms with Gasteiger partial charge in [-0.05, 0) is 5.92 Å². The van der Waals surface area contributed by atoms with Gasteiger partial charge in [-0.15, -0.1) is 0 Å². The summed E-state index contributed by atoms with van der Waals surface area (Å²) < 4.78 is 4.43. The van der Waals surface area contributed by atoms with Crippen molar-refractivity contribution >= 4 is 17.0 Å². The van der Waals surface area contributed by atoms with Gasteiger partial charge in [-0.25, -0.2) is 4.79 Å². The molecule has 0 N–H and O–H groups in total. The Morgan fingerprint density at radius 3 is 1.83 bits per heavy atom. The predicted octanol–water partition coefficient (Wildman–Crippen LogP) is 3.82. The average molecular weight is 195 g/mol. The summed E-state index contributed by atoms with van der Waals surface area (Å²) in [5.74, 6) is 0.359. The molecular formula is C9H19ClO2. The lowest BCUT2D eigenvalue weighted by atomic mass is 10.2. The molecule has 0 rings (SSSR count). The van der Waals surface area contributed by atoms with Gasteiger partial charge in [0, 0.05) is 11.6 Å². The minimum atomic E-state index is -0.723. The fraction of sp³-hybridized carbons (Fsp3) is 0.889. The van der Waals surface area contributed by atoms with Crippen molar-refractivity contribution in [1.29, 1.82) is 0 Å². The summed E-state index contributed by atoms with van der Waals surface area (Å²) in [6.07, 6.45) is 2.64. The van der Waals surface area contributed by atoms with Gasteiger partial charge in [0.25, 0.3) is 0 Å². The molecule has 0 saturated carbocycles. The average Bonchev–Trinajstić information content (AvgIpc) is 2.01. The lowest BCUT2D eigenvalue weighted by molar-refractivity contribution is 0.159. The molecule has 0 aliphatic rings. The molecule has 3 heteroatoms. The minimum absolute atomic E-state index is 0.359. The Kier molecular flexibility index (Phi) is 12.8. The number of ether oxygens (including phenoxy) is 1. The number of carbonyl (C=O) groups excluding carboxylic acids is 1. The first-order chi connectivity index (χ1) is 5.54. The zero-order valence-electron chi connectivity index (χ0n) is 8.39. The van der Waals surface area contributed by atoms with Gasteiger partial charge in [-0.3, -0.25) is 0 Å². The predicted molar refractivity (Wildman–Crippen MR) is 52.6 cm³/mol. The molecule has 0 aliphatic carbocycles. The molecule has 0 fully saturated rings. The van der Waals surface area contributed by atoms with Crippen molar-refractivity contribution < 1.29 is 9.53 Å². The van der Waals surface area contributed by atoms with Crippen LogP contribution in [0.25, 0.3) is 0 Å². The Hall–Kier alpha value is -0.240. The Bertz CT molecular complexity index is 101. The van der Waals surface area contributed by atoms with Crippen LogP contribution in [0.1, 0.15) is 40.5 Å². The van der Waals surface area contributed by atoms with E-state index in [2.05, 4.69) is 18.6 Å². The van der Waals surface area contributed by atoms with E-state index in [9.17, 15) is 4.79 Å². The first-order valence-corrected chi connectivity index (χ1v) is 4.74. The normalized spacial score (nSPS) is 8.83. The highest BCUT2D eigenvalue weighted by Crippen LogP contribution is 1.94. The van der Waals surface area contributed by atoms with Crippen LogP contribution in [-0.2, 0) is 4.74 Å². The van der Waals surface area contributed by atoms with Gasteiger partial charge in [0.05, 0.1) is 6.61 Å². The molecule has 0 saturated heterocycles. The van der Waals surface area contributed by atoms with E-state index in [0.29, 0.717) is 12.5 Å². The van der Waals surface area contributed by atoms with Crippen molar-refractivity contribution in [2.75, 3.05) is 6.61 Å². The summed E-state index contributed by atoms with van der Waals surface area (Å²) in [5.41, 5.74) is -0.723. The van der Waals surface area contributed by atoms with Crippen molar-refractivity contribution in [2.24, 2.45) is 5.92 Å². The van der Waals surface area contributed by atoms with Gasteiger partial charge < -0.3 is 4.74 Å². The second-order valence-corrected chi connectivity index (χ2v) is 3.25. The summed E-state index contributed by atoms with van der Waals surface area (Å²) in [5, 5.41) is 0. The van der Waals surface area contributed by atoms with Crippen molar-refractivity contribution in [3.05, 3.63) is 0 Å². The Balaban J connectivity index is 0. The van der Waals surface area contributed by atoms with Crippen molar-refractivity contribution in [1.82, 2.24) is 0 Å². The quantitative estimate of drug-likeness (QED) is 0.639. The number of halogens is 1. The van der Waals surface area contributed by atoms with E-state index in [0.717, 1.165) is 0 Å². The fourth-order valence-corrected chi connectivity index (χ4v) is 0.295. The maximum absolute atomic E-state index is 9.89. The second-order valence-electron chi connectivity index (χ2n) is 2.94. The number of hydrogen-bond acceptors (Lipinski definition) is 2. The molecule has 12 heavy (non-hydrogen) atoms. The SMILES string of the molecule is CC(C)COC(=O)Cl.CCCC. The lowest BCUT2D eigenvalue weighted by Crippen LogP contribution is -2.02. The number of hydrogen-bond donors (Lipinski definition) is 0. The Morgan fingerprint density at radius 1 is 1.33 bits per heavy atom. The number of rotatable bonds is 3. The standard InChI is InChI=1S/C5H9ClO2.C4H10/c1-4(2)3-8-5(6)7;1-3-4-2/h4H,3H2,1-2H3;3-4H2,1-2H3. The van der Waals surface area contributed by atoms with E-state index >= 15 is 0 Å². The molecule has 2 nitrogen and oxygen atoms in total. The van der Waals surface area contributed by atoms with E-state index in [1.165, 1.54) is 12.8 Å². The van der Waals surface area contributed by atoms with Crippen molar-refractivity contribution in [3.8, 4) is 0 Å². The van der Waals surface area contributed by atoms with Crippen LogP contribution in [-0.4, -0.2) is 12.0 Å². The maximum Gasteiger partial charge on any atom is 0.403 e. The first kappa shape index (κ1) is 14.3. The molecule has 0 radical (unpaired) electrons. The summed E-state index contributed by atoms with van der Waals surface area (Å²) >= 11 is 4.86. The monoisotopic (exact) mass is 194 g/mol. The summed E-state index contributed by atoms with van der Waals surface area (Å²) in [7, 11) is 0. The molecule has 0 aromatic heterocycles. The fourth-order valence-electron chi connectivity index (χ4n) is 0.232. The molecule has 0 spiro atoms. The third-order valence-electron chi connectivity index (χ3n) is 1.03. The van der Waals surface area contributed by atoms with E-state index in [4.69, 9.17) is 11.6 Å². The summed E-state index contributed by atoms with van der Waals surface area (Å²) in [6, 6.07) is 0. The molecule has 0 aromatic rings. The van der Waals surface area contributed by atoms with E-state index in [-0.39, 0.29) is 0 Å². The van der Waals surface area contributed by atoms with Crippen LogP contribution < -0.4 is 0 Å². The number of carbonyl (C=O) groups is 1. The maximum atomic E-state index is 9.89. The molecule has 74 valence electrons. The summed E-state index contributed by atoms with van der Waals surface area (Å²) in [6.45, 7) is 8.65. The summed E-state index contributed by atoms with van der Waals surface area (Å²) in [4.78, 5) is 9.89. The van der Waals surface area contributed by atoms with E-state index in [1.54, 1.807) is 0 Å². The van der Waals surface area contributed by atoms with Crippen LogP contribution in [0.4, 0.5) is 4.79 Å². The number of unbranched alkanes of at least 4 members (excludes halogenated alkanes) is 1.